The molecule has 6 heteroatoms. The summed E-state index contributed by atoms with van der Waals surface area (Å²) < 4.78 is 7.62. The number of aromatic nitrogens is 3. The number of furan rings is 1. The first kappa shape index (κ1) is 33.4. The third-order valence-corrected chi connectivity index (χ3v) is 9.43. The fourth-order valence-electron chi connectivity index (χ4n) is 6.22. The van der Waals surface area contributed by atoms with Crippen LogP contribution >= 0.6 is 11.3 Å². The molecule has 0 aliphatic carbocycles. The molecule has 0 bridgehead atoms. The molecule has 0 spiro atoms. The van der Waals surface area contributed by atoms with Crippen LogP contribution in [0.15, 0.2) is 108 Å². The van der Waals surface area contributed by atoms with Crippen molar-refractivity contribution in [1.82, 2.24) is 15.0 Å². The van der Waals surface area contributed by atoms with Crippen LogP contribution in [0.1, 0.15) is 42.5 Å². The van der Waals surface area contributed by atoms with Crippen LogP contribution in [0.3, 0.4) is 0 Å². The van der Waals surface area contributed by atoms with Gasteiger partial charge in [0, 0.05) is 37.9 Å². The second kappa shape index (κ2) is 13.6. The summed E-state index contributed by atoms with van der Waals surface area (Å²) in [4.78, 5) is 13.8. The van der Waals surface area contributed by atoms with Crippen LogP contribution in [0.5, 0.6) is 0 Å². The predicted octanol–water partition coefficient (Wildman–Crippen LogP) is 11.5. The van der Waals surface area contributed by atoms with Crippen molar-refractivity contribution in [1.29, 1.82) is 0 Å². The monoisotopic (exact) mass is 822 g/mol. The molecule has 0 saturated carbocycles. The van der Waals surface area contributed by atoms with E-state index in [1.807, 2.05) is 73.8 Å². The van der Waals surface area contributed by atoms with Gasteiger partial charge in [-0.15, -0.1) is 65.4 Å². The van der Waals surface area contributed by atoms with E-state index in [9.17, 15) is 0 Å². The summed E-state index contributed by atoms with van der Waals surface area (Å²) in [7, 11) is 0. The van der Waals surface area contributed by atoms with Gasteiger partial charge < -0.3 is 14.4 Å². The fourth-order valence-corrected chi connectivity index (χ4v) is 7.19. The summed E-state index contributed by atoms with van der Waals surface area (Å²) in [6.07, 6.45) is 3.83. The molecule has 4 nitrogen and oxygen atoms in total. The average Bonchev–Trinajstić information content (AvgIpc) is 3.65. The van der Waals surface area contributed by atoms with Gasteiger partial charge in [-0.05, 0) is 83.6 Å². The Bertz CT molecular complexity index is 2310. The average molecular weight is 822 g/mol. The number of hydrogen-bond donors (Lipinski definition) is 0. The van der Waals surface area contributed by atoms with Crippen molar-refractivity contribution in [3.63, 3.8) is 0 Å². The molecule has 4 aromatic heterocycles. The van der Waals surface area contributed by atoms with Gasteiger partial charge in [0.15, 0.2) is 0 Å². The minimum absolute atomic E-state index is 0. The maximum atomic E-state index is 6.45. The molecular weight excluding hydrogens is 787 g/mol. The Hall–Kier alpha value is -4.48. The summed E-state index contributed by atoms with van der Waals surface area (Å²) in [5.74, 6) is 0. The van der Waals surface area contributed by atoms with Crippen LogP contribution in [0, 0.1) is 32.9 Å². The topological polar surface area (TPSA) is 51.8 Å². The van der Waals surface area contributed by atoms with Gasteiger partial charge in [0.05, 0.1) is 20.8 Å². The van der Waals surface area contributed by atoms with E-state index < -0.39 is 0 Å². The third-order valence-electron chi connectivity index (χ3n) is 8.43. The number of fused-ring (bicyclic) bond motifs is 5. The van der Waals surface area contributed by atoms with Crippen molar-refractivity contribution in [2.24, 2.45) is 0 Å². The van der Waals surface area contributed by atoms with Crippen LogP contribution in [0.4, 0.5) is 0 Å². The summed E-state index contributed by atoms with van der Waals surface area (Å²) in [5, 5.41) is 3.26. The zero-order valence-electron chi connectivity index (χ0n) is 27.8. The van der Waals surface area contributed by atoms with Gasteiger partial charge in [-0.25, -0.2) is 4.98 Å². The number of pyridine rings is 2. The number of thiazole rings is 1. The molecule has 4 heterocycles. The molecule has 1 radical (unpaired) electrons. The predicted molar refractivity (Wildman–Crippen MR) is 196 cm³/mol. The SMILES string of the molecule is Cc1nc2ccc3oc4c(-c5cc(-c6c(C)cccc6C)c(C(C)(C)C)cn5)[c-]ccc4c3c2s1.[Ir].[c-]1ccccc1-c1ccccn1. The smallest absolute Gasteiger partial charge is 0.122 e. The summed E-state index contributed by atoms with van der Waals surface area (Å²) in [5.41, 5.74) is 12.7. The minimum atomic E-state index is -0.0414. The molecule has 241 valence electrons. The van der Waals surface area contributed by atoms with Crippen molar-refractivity contribution in [2.75, 3.05) is 0 Å². The van der Waals surface area contributed by atoms with Crippen molar-refractivity contribution >= 4 is 43.5 Å². The number of nitrogens with zero attached hydrogens (tertiary/aromatic N) is 3. The fraction of sp³-hybridized carbons (Fsp3) is 0.167. The minimum Gasteiger partial charge on any atom is -0.501 e. The second-order valence-electron chi connectivity index (χ2n) is 12.8. The van der Waals surface area contributed by atoms with Gasteiger partial charge in [-0.3, -0.25) is 0 Å². The number of aryl methyl sites for hydroxylation is 3. The van der Waals surface area contributed by atoms with Gasteiger partial charge >= 0.3 is 0 Å². The van der Waals surface area contributed by atoms with E-state index in [0.29, 0.717) is 0 Å². The van der Waals surface area contributed by atoms with Gasteiger partial charge in [-0.1, -0.05) is 68.1 Å². The van der Waals surface area contributed by atoms with E-state index in [1.54, 1.807) is 17.5 Å². The molecule has 0 saturated heterocycles. The van der Waals surface area contributed by atoms with E-state index in [-0.39, 0.29) is 25.5 Å². The Morgan fingerprint density at radius 1 is 0.771 bits per heavy atom. The maximum absolute atomic E-state index is 6.45. The van der Waals surface area contributed by atoms with Gasteiger partial charge in [0.1, 0.15) is 5.58 Å². The Balaban J connectivity index is 0.000000260. The van der Waals surface area contributed by atoms with E-state index in [2.05, 4.69) is 87.1 Å². The van der Waals surface area contributed by atoms with Crippen molar-refractivity contribution in [2.45, 2.75) is 47.0 Å². The van der Waals surface area contributed by atoms with Gasteiger partial charge in [-0.2, -0.15) is 0 Å². The molecule has 8 aromatic rings. The molecule has 0 N–H and O–H groups in total. The Morgan fingerprint density at radius 2 is 1.56 bits per heavy atom. The summed E-state index contributed by atoms with van der Waals surface area (Å²) >= 11 is 1.71. The van der Waals surface area contributed by atoms with Crippen LogP contribution < -0.4 is 0 Å². The zero-order chi connectivity index (χ0) is 32.7. The van der Waals surface area contributed by atoms with Crippen LogP contribution in [0.25, 0.3) is 65.8 Å². The molecule has 0 atom stereocenters. The molecule has 0 aliphatic heterocycles. The van der Waals surface area contributed by atoms with Crippen LogP contribution in [0.2, 0.25) is 0 Å². The molecule has 8 rings (SSSR count). The molecule has 0 unspecified atom stereocenters. The van der Waals surface area contributed by atoms with Crippen molar-refractivity contribution in [3.05, 3.63) is 137 Å². The molecule has 0 fully saturated rings. The van der Waals surface area contributed by atoms with E-state index in [0.717, 1.165) is 55.0 Å². The first-order valence-corrected chi connectivity index (χ1v) is 16.6. The Kier molecular flexibility index (Phi) is 9.44. The third kappa shape index (κ3) is 6.36. The molecule has 48 heavy (non-hydrogen) atoms. The van der Waals surface area contributed by atoms with Crippen molar-refractivity contribution < 1.29 is 24.5 Å². The van der Waals surface area contributed by atoms with Gasteiger partial charge in [0.2, 0.25) is 0 Å². The number of hydrogen-bond acceptors (Lipinski definition) is 5. The maximum Gasteiger partial charge on any atom is 0.122 e. The van der Waals surface area contributed by atoms with Crippen molar-refractivity contribution in [3.8, 4) is 33.6 Å². The molecule has 0 aliphatic rings. The zero-order valence-corrected chi connectivity index (χ0v) is 31.0. The van der Waals surface area contributed by atoms with Crippen LogP contribution in [-0.4, -0.2) is 15.0 Å². The van der Waals surface area contributed by atoms with Gasteiger partial charge in [0.25, 0.3) is 0 Å². The van der Waals surface area contributed by atoms with E-state index >= 15 is 0 Å². The summed E-state index contributed by atoms with van der Waals surface area (Å²) in [6.45, 7) is 13.2. The Labute approximate surface area is 299 Å². The van der Waals surface area contributed by atoms with E-state index in [1.165, 1.54) is 32.5 Å². The number of benzene rings is 4. The largest absolute Gasteiger partial charge is 0.501 e. The van der Waals surface area contributed by atoms with Crippen LogP contribution in [-0.2, 0) is 25.5 Å². The second-order valence-corrected chi connectivity index (χ2v) is 14.0. The first-order valence-electron chi connectivity index (χ1n) is 15.8. The first-order chi connectivity index (χ1) is 22.7. The summed E-state index contributed by atoms with van der Waals surface area (Å²) in [6, 6.07) is 37.1. The standard InChI is InChI=1S/C31H27N2OS.C11H8N.Ir/c1-17-9-7-10-18(2)27(17)22-15-25(32-16-23(22)31(4,5)6)20-11-8-12-21-28-26(34-29(20)21)14-13-24-30(28)35-19(3)33-24;1-2-6-10(7-3-1)11-8-4-5-9-12-11;/h7-10,12-16H,1-6H3;1-6,8-9H;/q2*-1;. The normalized spacial score (nSPS) is 11.4. The number of rotatable bonds is 3. The van der Waals surface area contributed by atoms with E-state index in [4.69, 9.17) is 9.40 Å². The quantitative estimate of drug-likeness (QED) is 0.167. The molecule has 4 aromatic carbocycles. The molecule has 0 amide bonds. The Morgan fingerprint density at radius 3 is 2.27 bits per heavy atom. The molecular formula is C42H35IrN3OS-2.